The van der Waals surface area contributed by atoms with E-state index in [9.17, 15) is 9.59 Å². The molecule has 164 valence electrons. The van der Waals surface area contributed by atoms with Crippen LogP contribution in [-0.2, 0) is 17.6 Å². The molecule has 1 aliphatic heterocycles. The molecular formula is C26H28N4O2. The quantitative estimate of drug-likeness (QED) is 0.627. The van der Waals surface area contributed by atoms with Crippen LogP contribution in [0.4, 0.5) is 5.69 Å². The van der Waals surface area contributed by atoms with Gasteiger partial charge < -0.3 is 10.2 Å². The van der Waals surface area contributed by atoms with Crippen molar-refractivity contribution in [2.75, 3.05) is 38.0 Å². The molecule has 1 N–H and O–H groups in total. The van der Waals surface area contributed by atoms with E-state index >= 15 is 0 Å². The number of hydrogen-bond acceptors (Lipinski definition) is 4. The van der Waals surface area contributed by atoms with Crippen LogP contribution in [0.1, 0.15) is 21.6 Å². The Hall–Kier alpha value is -3.51. The number of carbonyl (C=O) groups excluding carboxylic acids is 2. The monoisotopic (exact) mass is 428 g/mol. The van der Waals surface area contributed by atoms with Gasteiger partial charge >= 0.3 is 0 Å². The van der Waals surface area contributed by atoms with Crippen LogP contribution in [0.5, 0.6) is 0 Å². The first-order valence-corrected chi connectivity index (χ1v) is 11.0. The lowest BCUT2D eigenvalue weighted by Gasteiger charge is -2.34. The summed E-state index contributed by atoms with van der Waals surface area (Å²) in [6, 6.07) is 23.3. The highest BCUT2D eigenvalue weighted by Gasteiger charge is 2.23. The third-order valence-electron chi connectivity index (χ3n) is 5.65. The zero-order chi connectivity index (χ0) is 22.2. The maximum atomic E-state index is 13.0. The Labute approximate surface area is 188 Å². The van der Waals surface area contributed by atoms with Gasteiger partial charge in [0.2, 0.25) is 5.91 Å². The Morgan fingerprint density at radius 1 is 0.844 bits per heavy atom. The topological polar surface area (TPSA) is 65.5 Å². The van der Waals surface area contributed by atoms with Crippen LogP contribution in [0.2, 0.25) is 0 Å². The normalized spacial score (nSPS) is 14.2. The fourth-order valence-electron chi connectivity index (χ4n) is 3.90. The van der Waals surface area contributed by atoms with Crippen molar-refractivity contribution >= 4 is 17.5 Å². The summed E-state index contributed by atoms with van der Waals surface area (Å²) in [4.78, 5) is 33.6. The molecule has 1 saturated heterocycles. The van der Waals surface area contributed by atoms with Crippen LogP contribution in [-0.4, -0.2) is 59.3 Å². The summed E-state index contributed by atoms with van der Waals surface area (Å²) in [6.45, 7) is 2.95. The van der Waals surface area contributed by atoms with Gasteiger partial charge in [-0.1, -0.05) is 36.4 Å². The summed E-state index contributed by atoms with van der Waals surface area (Å²) < 4.78 is 0. The van der Waals surface area contributed by atoms with Crippen LogP contribution in [0, 0.1) is 0 Å². The molecule has 2 heterocycles. The molecule has 1 aromatic heterocycles. The van der Waals surface area contributed by atoms with Crippen LogP contribution in [0.25, 0.3) is 0 Å². The molecule has 0 atom stereocenters. The Balaban J connectivity index is 1.26. The Morgan fingerprint density at radius 2 is 1.62 bits per heavy atom. The molecule has 3 aromatic rings. The van der Waals surface area contributed by atoms with Gasteiger partial charge in [-0.05, 0) is 54.8 Å². The minimum atomic E-state index is -0.0309. The average Bonchev–Trinajstić information content (AvgIpc) is 2.84. The van der Waals surface area contributed by atoms with Crippen molar-refractivity contribution in [2.45, 2.75) is 12.8 Å². The van der Waals surface area contributed by atoms with Gasteiger partial charge in [-0.15, -0.1) is 0 Å². The second-order valence-corrected chi connectivity index (χ2v) is 8.00. The largest absolute Gasteiger partial charge is 0.336 e. The van der Waals surface area contributed by atoms with Crippen LogP contribution >= 0.6 is 0 Å². The highest BCUT2D eigenvalue weighted by molar-refractivity contribution is 5.94. The highest BCUT2D eigenvalue weighted by atomic mass is 16.2. The Morgan fingerprint density at radius 3 is 2.38 bits per heavy atom. The van der Waals surface area contributed by atoms with E-state index in [1.165, 1.54) is 0 Å². The Kier molecular flexibility index (Phi) is 7.25. The standard InChI is InChI=1S/C26H28N4O2/c31-25(28-24-10-2-1-3-11-24)20-29-15-17-30(18-16-29)26(32)22-8-6-7-21(19-22)12-13-23-9-4-5-14-27-23/h1-11,14,19H,12-13,15-18,20H2,(H,28,31). The third kappa shape index (κ3) is 6.02. The van der Waals surface area contributed by atoms with Crippen molar-refractivity contribution in [1.82, 2.24) is 14.8 Å². The molecule has 1 aliphatic rings. The van der Waals surface area contributed by atoms with Gasteiger partial charge in [0.15, 0.2) is 0 Å². The fraction of sp³-hybridized carbons (Fsp3) is 0.269. The van der Waals surface area contributed by atoms with E-state index < -0.39 is 0 Å². The van der Waals surface area contributed by atoms with Crippen molar-refractivity contribution in [3.63, 3.8) is 0 Å². The van der Waals surface area contributed by atoms with Crippen molar-refractivity contribution in [3.05, 3.63) is 95.8 Å². The smallest absolute Gasteiger partial charge is 0.253 e. The number of aromatic nitrogens is 1. The molecular weight excluding hydrogens is 400 g/mol. The molecule has 0 radical (unpaired) electrons. The number of pyridine rings is 1. The van der Waals surface area contributed by atoms with Crippen LogP contribution in [0.15, 0.2) is 79.0 Å². The van der Waals surface area contributed by atoms with Crippen molar-refractivity contribution in [1.29, 1.82) is 0 Å². The average molecular weight is 429 g/mol. The zero-order valence-corrected chi connectivity index (χ0v) is 18.1. The van der Waals surface area contributed by atoms with Gasteiger partial charge in [0.25, 0.3) is 5.91 Å². The van der Waals surface area contributed by atoms with E-state index in [4.69, 9.17) is 0 Å². The number of hydrogen-bond donors (Lipinski definition) is 1. The number of benzene rings is 2. The van der Waals surface area contributed by atoms with Gasteiger partial charge in [0.05, 0.1) is 6.54 Å². The molecule has 0 unspecified atom stereocenters. The SMILES string of the molecule is O=C(CN1CCN(C(=O)c2cccc(CCc3ccccn3)c2)CC1)Nc1ccccc1. The second-order valence-electron chi connectivity index (χ2n) is 8.00. The first-order chi connectivity index (χ1) is 15.7. The number of amides is 2. The molecule has 32 heavy (non-hydrogen) atoms. The predicted octanol–water partition coefficient (Wildman–Crippen LogP) is 3.26. The number of aryl methyl sites for hydroxylation is 2. The number of nitrogens with zero attached hydrogens (tertiary/aromatic N) is 3. The van der Waals surface area contributed by atoms with Crippen molar-refractivity contribution in [2.24, 2.45) is 0 Å². The molecule has 0 spiro atoms. The lowest BCUT2D eigenvalue weighted by atomic mass is 10.0. The number of anilines is 1. The maximum absolute atomic E-state index is 13.0. The van der Waals surface area contributed by atoms with E-state index in [1.54, 1.807) is 6.20 Å². The van der Waals surface area contributed by atoms with Crippen LogP contribution in [0.3, 0.4) is 0 Å². The van der Waals surface area contributed by atoms with Gasteiger partial charge in [-0.25, -0.2) is 0 Å². The minimum Gasteiger partial charge on any atom is -0.336 e. The molecule has 0 aliphatic carbocycles. The molecule has 2 amide bonds. The zero-order valence-electron chi connectivity index (χ0n) is 18.1. The van der Waals surface area contributed by atoms with E-state index in [0.29, 0.717) is 32.7 Å². The van der Waals surface area contributed by atoms with Gasteiger partial charge in [-0.3, -0.25) is 19.5 Å². The number of rotatable bonds is 7. The van der Waals surface area contributed by atoms with E-state index in [1.807, 2.05) is 71.6 Å². The first kappa shape index (κ1) is 21.7. The molecule has 0 bridgehead atoms. The lowest BCUT2D eigenvalue weighted by Crippen LogP contribution is -2.50. The predicted molar refractivity (Wildman–Crippen MR) is 126 cm³/mol. The summed E-state index contributed by atoms with van der Waals surface area (Å²) in [6.07, 6.45) is 3.50. The summed E-state index contributed by atoms with van der Waals surface area (Å²) in [5.41, 5.74) is 3.71. The highest BCUT2D eigenvalue weighted by Crippen LogP contribution is 2.13. The summed E-state index contributed by atoms with van der Waals surface area (Å²) in [7, 11) is 0. The van der Waals surface area contributed by atoms with E-state index in [-0.39, 0.29) is 11.8 Å². The van der Waals surface area contributed by atoms with Gasteiger partial charge in [0, 0.05) is 49.3 Å². The molecule has 0 saturated carbocycles. The molecule has 2 aromatic carbocycles. The third-order valence-corrected chi connectivity index (χ3v) is 5.65. The van der Waals surface area contributed by atoms with Gasteiger partial charge in [0.1, 0.15) is 0 Å². The summed E-state index contributed by atoms with van der Waals surface area (Å²) in [5.74, 6) is 0.0228. The van der Waals surface area contributed by atoms with E-state index in [0.717, 1.165) is 35.3 Å². The number of nitrogens with one attached hydrogen (secondary N) is 1. The number of carbonyl (C=O) groups is 2. The lowest BCUT2D eigenvalue weighted by molar-refractivity contribution is -0.117. The minimum absolute atomic E-state index is 0.0309. The van der Waals surface area contributed by atoms with Gasteiger partial charge in [-0.2, -0.15) is 0 Å². The van der Waals surface area contributed by atoms with Crippen LogP contribution < -0.4 is 5.32 Å². The number of piperazine rings is 1. The molecule has 4 rings (SSSR count). The Bertz CT molecular complexity index is 1030. The summed E-state index contributed by atoms with van der Waals surface area (Å²) >= 11 is 0. The molecule has 6 nitrogen and oxygen atoms in total. The van der Waals surface area contributed by atoms with Crippen molar-refractivity contribution in [3.8, 4) is 0 Å². The molecule has 1 fully saturated rings. The van der Waals surface area contributed by atoms with E-state index in [2.05, 4.69) is 21.3 Å². The summed E-state index contributed by atoms with van der Waals surface area (Å²) in [5, 5.41) is 2.91. The first-order valence-electron chi connectivity index (χ1n) is 11.0. The van der Waals surface area contributed by atoms with Crippen molar-refractivity contribution < 1.29 is 9.59 Å². The fourth-order valence-corrected chi connectivity index (χ4v) is 3.90. The maximum Gasteiger partial charge on any atom is 0.253 e. The molecule has 6 heteroatoms. The number of para-hydroxylation sites is 1. The second kappa shape index (κ2) is 10.7.